The highest BCUT2D eigenvalue weighted by Gasteiger charge is 2.39. The van der Waals surface area contributed by atoms with E-state index in [4.69, 9.17) is 12.2 Å². The van der Waals surface area contributed by atoms with E-state index in [2.05, 4.69) is 17.9 Å². The fourth-order valence-corrected chi connectivity index (χ4v) is 3.29. The molecule has 2 heteroatoms. The molecular formula is C13H22N2. The Morgan fingerprint density at radius 2 is 2.00 bits per heavy atom. The van der Waals surface area contributed by atoms with E-state index in [1.54, 1.807) is 0 Å². The summed E-state index contributed by atoms with van der Waals surface area (Å²) in [4.78, 5) is 2.56. The normalized spacial score (nSPS) is 37.5. The summed E-state index contributed by atoms with van der Waals surface area (Å²) in [6.07, 6.45) is 12.5. The summed E-state index contributed by atoms with van der Waals surface area (Å²) in [5.41, 5.74) is 6.22. The van der Waals surface area contributed by atoms with E-state index in [0.29, 0.717) is 12.0 Å². The maximum absolute atomic E-state index is 6.22. The number of rotatable bonds is 3. The molecule has 0 aromatic heterocycles. The number of nitrogens with two attached hydrogens (primary N) is 1. The number of hydrogen-bond acceptors (Lipinski definition) is 2. The van der Waals surface area contributed by atoms with Crippen molar-refractivity contribution in [1.82, 2.24) is 4.90 Å². The molecule has 2 aliphatic rings. The molecule has 2 fully saturated rings. The summed E-state index contributed by atoms with van der Waals surface area (Å²) < 4.78 is 0. The molecule has 2 N–H and O–H groups in total. The molecule has 84 valence electrons. The van der Waals surface area contributed by atoms with Crippen molar-refractivity contribution in [3.05, 3.63) is 0 Å². The lowest BCUT2D eigenvalue weighted by atomic mass is 9.84. The molecule has 2 aliphatic heterocycles. The van der Waals surface area contributed by atoms with Gasteiger partial charge in [0, 0.05) is 24.5 Å². The highest BCUT2D eigenvalue weighted by atomic mass is 15.2. The van der Waals surface area contributed by atoms with Crippen LogP contribution in [-0.2, 0) is 0 Å². The number of fused-ring (bicyclic) bond motifs is 2. The second-order valence-electron chi connectivity index (χ2n) is 5.19. The van der Waals surface area contributed by atoms with Crippen molar-refractivity contribution in [2.24, 2.45) is 11.7 Å². The van der Waals surface area contributed by atoms with Crippen molar-refractivity contribution in [3.8, 4) is 12.3 Å². The Bertz CT molecular complexity index is 242. The first kappa shape index (κ1) is 11.0. The van der Waals surface area contributed by atoms with Gasteiger partial charge in [0.15, 0.2) is 0 Å². The summed E-state index contributed by atoms with van der Waals surface area (Å²) in [5.74, 6) is 3.41. The highest BCUT2D eigenvalue weighted by molar-refractivity contribution is 4.97. The van der Waals surface area contributed by atoms with Gasteiger partial charge in [-0.2, -0.15) is 0 Å². The first-order valence-electron chi connectivity index (χ1n) is 6.13. The van der Waals surface area contributed by atoms with Gasteiger partial charge in [0.25, 0.3) is 0 Å². The molecule has 2 nitrogen and oxygen atoms in total. The molecule has 0 aromatic carbocycles. The third-order valence-electron chi connectivity index (χ3n) is 4.36. The fraction of sp³-hybridized carbons (Fsp3) is 0.846. The Labute approximate surface area is 93.2 Å². The van der Waals surface area contributed by atoms with E-state index < -0.39 is 0 Å². The molecule has 3 unspecified atom stereocenters. The zero-order valence-electron chi connectivity index (χ0n) is 9.65. The average molecular weight is 206 g/mol. The summed E-state index contributed by atoms with van der Waals surface area (Å²) in [6.45, 7) is 0. The minimum absolute atomic E-state index is 0.331. The maximum atomic E-state index is 6.22. The summed E-state index contributed by atoms with van der Waals surface area (Å²) in [5, 5.41) is 0. The van der Waals surface area contributed by atoms with Crippen molar-refractivity contribution >= 4 is 0 Å². The Hall–Kier alpha value is -0.520. The van der Waals surface area contributed by atoms with E-state index >= 15 is 0 Å². The quantitative estimate of drug-likeness (QED) is 0.711. The van der Waals surface area contributed by atoms with Gasteiger partial charge in [-0.15, -0.1) is 12.3 Å². The van der Waals surface area contributed by atoms with Gasteiger partial charge in [-0.25, -0.2) is 0 Å². The Kier molecular flexibility index (Phi) is 3.33. The van der Waals surface area contributed by atoms with E-state index in [1.165, 1.54) is 25.7 Å². The van der Waals surface area contributed by atoms with E-state index in [0.717, 1.165) is 24.9 Å². The third-order valence-corrected chi connectivity index (χ3v) is 4.36. The van der Waals surface area contributed by atoms with E-state index in [-0.39, 0.29) is 0 Å². The van der Waals surface area contributed by atoms with E-state index in [9.17, 15) is 0 Å². The van der Waals surface area contributed by atoms with Gasteiger partial charge in [0.05, 0.1) is 0 Å². The Morgan fingerprint density at radius 3 is 2.53 bits per heavy atom. The Balaban J connectivity index is 1.88. The molecule has 0 amide bonds. The van der Waals surface area contributed by atoms with Crippen LogP contribution < -0.4 is 5.73 Å². The van der Waals surface area contributed by atoms with Crippen molar-refractivity contribution < 1.29 is 0 Å². The first-order valence-corrected chi connectivity index (χ1v) is 6.13. The smallest absolute Gasteiger partial charge is 0.0101 e. The summed E-state index contributed by atoms with van der Waals surface area (Å²) in [7, 11) is 2.27. The van der Waals surface area contributed by atoms with Gasteiger partial charge in [-0.05, 0) is 45.1 Å². The lowest BCUT2D eigenvalue weighted by Crippen LogP contribution is -2.45. The zero-order valence-corrected chi connectivity index (χ0v) is 9.65. The molecule has 2 heterocycles. The molecule has 0 radical (unpaired) electrons. The molecule has 2 bridgehead atoms. The standard InChI is InChI=1S/C13H22N2/c1-3-4-5-13(14)10-8-11-6-7-12(9-10)15(11)2/h1,10-13H,4-9,14H2,2H3. The van der Waals surface area contributed by atoms with Crippen LogP contribution in [0.3, 0.4) is 0 Å². The monoisotopic (exact) mass is 206 g/mol. The van der Waals surface area contributed by atoms with Crippen LogP contribution in [0.15, 0.2) is 0 Å². The van der Waals surface area contributed by atoms with Crippen LogP contribution in [0.5, 0.6) is 0 Å². The summed E-state index contributed by atoms with van der Waals surface area (Å²) in [6, 6.07) is 1.93. The molecule has 0 aromatic rings. The van der Waals surface area contributed by atoms with Gasteiger partial charge in [-0.3, -0.25) is 0 Å². The third kappa shape index (κ3) is 2.19. The number of terminal acetylenes is 1. The molecule has 2 saturated heterocycles. The second kappa shape index (κ2) is 4.55. The van der Waals surface area contributed by atoms with Gasteiger partial charge in [-0.1, -0.05) is 0 Å². The van der Waals surface area contributed by atoms with Crippen molar-refractivity contribution in [2.45, 2.75) is 56.7 Å². The minimum Gasteiger partial charge on any atom is -0.327 e. The molecular weight excluding hydrogens is 184 g/mol. The fourth-order valence-electron chi connectivity index (χ4n) is 3.29. The maximum Gasteiger partial charge on any atom is 0.0101 e. The van der Waals surface area contributed by atoms with Crippen LogP contribution in [0.2, 0.25) is 0 Å². The largest absolute Gasteiger partial charge is 0.327 e. The van der Waals surface area contributed by atoms with Crippen molar-refractivity contribution in [3.63, 3.8) is 0 Å². The Morgan fingerprint density at radius 1 is 1.40 bits per heavy atom. The van der Waals surface area contributed by atoms with Gasteiger partial charge < -0.3 is 10.6 Å². The zero-order chi connectivity index (χ0) is 10.8. The SMILES string of the molecule is C#CCCC(N)C1CC2CCC(C1)N2C. The first-order chi connectivity index (χ1) is 7.22. The van der Waals surface area contributed by atoms with Gasteiger partial charge in [0.1, 0.15) is 0 Å². The second-order valence-corrected chi connectivity index (χ2v) is 5.19. The number of nitrogens with zero attached hydrogens (tertiary/aromatic N) is 1. The lowest BCUT2D eigenvalue weighted by Gasteiger charge is -2.38. The topological polar surface area (TPSA) is 29.3 Å². The molecule has 0 aliphatic carbocycles. The molecule has 0 spiro atoms. The molecule has 2 rings (SSSR count). The van der Waals surface area contributed by atoms with Crippen molar-refractivity contribution in [2.75, 3.05) is 7.05 Å². The van der Waals surface area contributed by atoms with Gasteiger partial charge in [0.2, 0.25) is 0 Å². The van der Waals surface area contributed by atoms with Crippen LogP contribution in [0.25, 0.3) is 0 Å². The van der Waals surface area contributed by atoms with Gasteiger partial charge >= 0.3 is 0 Å². The van der Waals surface area contributed by atoms with Crippen LogP contribution >= 0.6 is 0 Å². The predicted octanol–water partition coefficient (Wildman–Crippen LogP) is 1.60. The lowest BCUT2D eigenvalue weighted by molar-refractivity contribution is 0.119. The van der Waals surface area contributed by atoms with Crippen LogP contribution in [0.1, 0.15) is 38.5 Å². The van der Waals surface area contributed by atoms with Crippen LogP contribution in [0, 0.1) is 18.3 Å². The molecule has 0 saturated carbocycles. The van der Waals surface area contributed by atoms with Crippen molar-refractivity contribution in [1.29, 1.82) is 0 Å². The average Bonchev–Trinajstić information content (AvgIpc) is 2.49. The van der Waals surface area contributed by atoms with Crippen LogP contribution in [0.4, 0.5) is 0 Å². The molecule has 15 heavy (non-hydrogen) atoms. The number of piperidine rings is 1. The number of hydrogen-bond donors (Lipinski definition) is 1. The van der Waals surface area contributed by atoms with Crippen LogP contribution in [-0.4, -0.2) is 30.1 Å². The molecule has 3 atom stereocenters. The van der Waals surface area contributed by atoms with E-state index in [1.807, 2.05) is 0 Å². The summed E-state index contributed by atoms with van der Waals surface area (Å²) >= 11 is 0. The predicted molar refractivity (Wildman–Crippen MR) is 63.3 cm³/mol. The highest BCUT2D eigenvalue weighted by Crippen LogP contribution is 2.38. The minimum atomic E-state index is 0.331.